The van der Waals surface area contributed by atoms with E-state index in [9.17, 15) is 9.59 Å². The zero-order chi connectivity index (χ0) is 18.9. The first-order valence-corrected chi connectivity index (χ1v) is 9.80. The van der Waals surface area contributed by atoms with Gasteiger partial charge in [-0.1, -0.05) is 48.5 Å². The molecule has 2 aliphatic rings. The van der Waals surface area contributed by atoms with Crippen LogP contribution in [0.25, 0.3) is 0 Å². The van der Waals surface area contributed by atoms with Gasteiger partial charge in [0, 0.05) is 17.7 Å². The Morgan fingerprint density at radius 1 is 1.22 bits per heavy atom. The van der Waals surface area contributed by atoms with Gasteiger partial charge in [-0.05, 0) is 18.1 Å². The quantitative estimate of drug-likeness (QED) is 0.764. The number of hydrogen-bond acceptors (Lipinski definition) is 5. The smallest absolute Gasteiger partial charge is 0.330 e. The monoisotopic (exact) mass is 378 g/mol. The van der Waals surface area contributed by atoms with Crippen LogP contribution in [0.15, 0.2) is 54.6 Å². The van der Waals surface area contributed by atoms with E-state index in [0.717, 1.165) is 5.56 Å². The van der Waals surface area contributed by atoms with Gasteiger partial charge in [0.15, 0.2) is 0 Å². The van der Waals surface area contributed by atoms with Crippen LogP contribution in [0.3, 0.4) is 0 Å². The molecule has 2 saturated heterocycles. The van der Waals surface area contributed by atoms with Crippen molar-refractivity contribution in [2.45, 2.75) is 30.4 Å². The van der Waals surface area contributed by atoms with Gasteiger partial charge in [-0.3, -0.25) is 4.79 Å². The molecule has 0 bridgehead atoms. The van der Waals surface area contributed by atoms with Crippen molar-refractivity contribution in [2.75, 3.05) is 5.75 Å². The van der Waals surface area contributed by atoms with Gasteiger partial charge in [-0.2, -0.15) is 5.26 Å². The van der Waals surface area contributed by atoms with Gasteiger partial charge in [0.2, 0.25) is 5.91 Å². The lowest BCUT2D eigenvalue weighted by Gasteiger charge is -2.33. The fourth-order valence-electron chi connectivity index (χ4n) is 3.82. The molecule has 27 heavy (non-hydrogen) atoms. The first kappa shape index (κ1) is 17.6. The van der Waals surface area contributed by atoms with Gasteiger partial charge in [-0.25, -0.2) is 4.79 Å². The van der Waals surface area contributed by atoms with Gasteiger partial charge in [0.1, 0.15) is 17.5 Å². The highest BCUT2D eigenvalue weighted by Crippen LogP contribution is 2.54. The third kappa shape index (κ3) is 2.98. The van der Waals surface area contributed by atoms with Crippen LogP contribution in [0.2, 0.25) is 0 Å². The number of thioether (sulfide) groups is 1. The molecule has 5 nitrogen and oxygen atoms in total. The summed E-state index contributed by atoms with van der Waals surface area (Å²) in [7, 11) is 0. The highest BCUT2D eigenvalue weighted by atomic mass is 32.2. The number of hydrogen-bond donors (Lipinski definition) is 0. The molecule has 0 saturated carbocycles. The van der Waals surface area contributed by atoms with Gasteiger partial charge < -0.3 is 9.64 Å². The summed E-state index contributed by atoms with van der Waals surface area (Å²) in [4.78, 5) is 26.6. The zero-order valence-electron chi connectivity index (χ0n) is 14.6. The summed E-state index contributed by atoms with van der Waals surface area (Å²) >= 11 is 1.63. The molecule has 2 aromatic carbocycles. The molecule has 0 unspecified atom stereocenters. The lowest BCUT2D eigenvalue weighted by Crippen LogP contribution is -2.46. The predicted molar refractivity (Wildman–Crippen MR) is 101 cm³/mol. The van der Waals surface area contributed by atoms with Crippen molar-refractivity contribution in [3.8, 4) is 6.07 Å². The third-order valence-corrected chi connectivity index (χ3v) is 6.73. The van der Waals surface area contributed by atoms with Gasteiger partial charge in [-0.15, -0.1) is 11.8 Å². The summed E-state index contributed by atoms with van der Waals surface area (Å²) < 4.78 is 5.49. The Kier molecular flexibility index (Phi) is 4.63. The SMILES string of the molecule is N#Cc1ccccc1COC(=O)[C@H]1CS[C@@]2(c3ccccc3)CCC(=O)N12. The largest absolute Gasteiger partial charge is 0.459 e. The van der Waals surface area contributed by atoms with Crippen LogP contribution < -0.4 is 0 Å². The molecule has 0 spiro atoms. The fourth-order valence-corrected chi connectivity index (χ4v) is 5.45. The molecular weight excluding hydrogens is 360 g/mol. The topological polar surface area (TPSA) is 70.4 Å². The number of rotatable bonds is 4. The van der Waals surface area contributed by atoms with E-state index in [1.807, 2.05) is 30.3 Å². The lowest BCUT2D eigenvalue weighted by atomic mass is 10.0. The molecule has 6 heteroatoms. The van der Waals surface area contributed by atoms with E-state index >= 15 is 0 Å². The molecular formula is C21H18N2O3S. The van der Waals surface area contributed by atoms with Crippen molar-refractivity contribution < 1.29 is 14.3 Å². The maximum atomic E-state index is 12.8. The zero-order valence-corrected chi connectivity index (χ0v) is 15.4. The molecule has 2 aromatic rings. The Morgan fingerprint density at radius 2 is 1.96 bits per heavy atom. The summed E-state index contributed by atoms with van der Waals surface area (Å²) in [6.07, 6.45) is 1.13. The number of ether oxygens (including phenoxy) is 1. The normalized spacial score (nSPS) is 23.7. The summed E-state index contributed by atoms with van der Waals surface area (Å²) in [5.41, 5.74) is 2.20. The highest BCUT2D eigenvalue weighted by molar-refractivity contribution is 8.00. The average molecular weight is 378 g/mol. The van der Waals surface area contributed by atoms with Gasteiger partial charge >= 0.3 is 5.97 Å². The van der Waals surface area contributed by atoms with E-state index in [2.05, 4.69) is 6.07 Å². The van der Waals surface area contributed by atoms with Crippen LogP contribution in [0, 0.1) is 11.3 Å². The first-order chi connectivity index (χ1) is 13.2. The standard InChI is InChI=1S/C21H18N2O3S/c22-12-15-6-4-5-7-16(15)13-26-20(25)18-14-27-21(11-10-19(24)23(18)21)17-8-2-1-3-9-17/h1-9,18H,10-11,13-14H2/t18-,21-/m1/s1. The lowest BCUT2D eigenvalue weighted by molar-refractivity contribution is -0.155. The molecule has 4 rings (SSSR count). The van der Waals surface area contributed by atoms with Crippen molar-refractivity contribution in [1.82, 2.24) is 4.90 Å². The minimum absolute atomic E-state index is 0.0109. The molecule has 1 amide bonds. The Hall–Kier alpha value is -2.78. The Balaban J connectivity index is 1.54. The van der Waals surface area contributed by atoms with E-state index in [0.29, 0.717) is 29.7 Å². The molecule has 0 N–H and O–H groups in total. The summed E-state index contributed by atoms with van der Waals surface area (Å²) in [6.45, 7) is 0.0318. The van der Waals surface area contributed by atoms with E-state index in [-0.39, 0.29) is 12.5 Å². The minimum Gasteiger partial charge on any atom is -0.459 e. The average Bonchev–Trinajstić information content (AvgIpc) is 3.26. The van der Waals surface area contributed by atoms with Crippen molar-refractivity contribution >= 4 is 23.6 Å². The van der Waals surface area contributed by atoms with Gasteiger partial charge in [0.25, 0.3) is 0 Å². The highest BCUT2D eigenvalue weighted by Gasteiger charge is 2.57. The van der Waals surface area contributed by atoms with E-state index < -0.39 is 16.9 Å². The van der Waals surface area contributed by atoms with E-state index in [1.165, 1.54) is 0 Å². The maximum absolute atomic E-state index is 12.8. The van der Waals surface area contributed by atoms with E-state index in [4.69, 9.17) is 10.00 Å². The third-order valence-electron chi connectivity index (χ3n) is 5.13. The summed E-state index contributed by atoms with van der Waals surface area (Å²) in [5, 5.41) is 9.17. The second kappa shape index (κ2) is 7.09. The molecule has 0 aliphatic carbocycles. The van der Waals surface area contributed by atoms with Crippen LogP contribution in [0.4, 0.5) is 0 Å². The van der Waals surface area contributed by atoms with Gasteiger partial charge in [0.05, 0.1) is 11.6 Å². The summed E-state index contributed by atoms with van der Waals surface area (Å²) in [5.74, 6) is 0.0887. The van der Waals surface area contributed by atoms with Crippen molar-refractivity contribution in [1.29, 1.82) is 5.26 Å². The number of benzene rings is 2. The number of esters is 1. The van der Waals surface area contributed by atoms with Crippen LogP contribution in [-0.2, 0) is 25.8 Å². The Bertz CT molecular complexity index is 925. The molecule has 2 fully saturated rings. The predicted octanol–water partition coefficient (Wildman–Crippen LogP) is 3.19. The van der Waals surface area contributed by atoms with E-state index in [1.54, 1.807) is 40.9 Å². The number of carbonyl (C=O) groups excluding carboxylic acids is 2. The molecule has 0 radical (unpaired) electrons. The molecule has 2 atom stereocenters. The van der Waals surface area contributed by atoms with Crippen LogP contribution in [0.1, 0.15) is 29.5 Å². The number of fused-ring (bicyclic) bond motifs is 1. The van der Waals surface area contributed by atoms with Crippen molar-refractivity contribution in [2.24, 2.45) is 0 Å². The van der Waals surface area contributed by atoms with Crippen LogP contribution in [0.5, 0.6) is 0 Å². The minimum atomic E-state index is -0.598. The molecule has 2 heterocycles. The maximum Gasteiger partial charge on any atom is 0.330 e. The fraction of sp³-hybridized carbons (Fsp3) is 0.286. The second-order valence-corrected chi connectivity index (χ2v) is 7.91. The summed E-state index contributed by atoms with van der Waals surface area (Å²) in [6, 6.07) is 18.4. The molecule has 0 aromatic heterocycles. The number of amides is 1. The first-order valence-electron chi connectivity index (χ1n) is 8.82. The Morgan fingerprint density at radius 3 is 2.74 bits per heavy atom. The molecule has 136 valence electrons. The van der Waals surface area contributed by atoms with Crippen molar-refractivity contribution in [3.63, 3.8) is 0 Å². The van der Waals surface area contributed by atoms with Crippen molar-refractivity contribution in [3.05, 3.63) is 71.3 Å². The number of nitrogens with zero attached hydrogens (tertiary/aromatic N) is 2. The Labute approximate surface area is 161 Å². The van der Waals surface area contributed by atoms with Crippen LogP contribution in [-0.4, -0.2) is 28.6 Å². The second-order valence-electron chi connectivity index (χ2n) is 6.62. The number of carbonyl (C=O) groups is 2. The number of nitriles is 1. The molecule has 2 aliphatic heterocycles. The van der Waals surface area contributed by atoms with Crippen LogP contribution >= 0.6 is 11.8 Å².